The van der Waals surface area contributed by atoms with Crippen molar-refractivity contribution in [3.63, 3.8) is 0 Å². The van der Waals surface area contributed by atoms with Crippen LogP contribution in [0.5, 0.6) is 0 Å². The number of aromatic carboxylic acids is 1. The molecule has 0 aliphatic carbocycles. The van der Waals surface area contributed by atoms with Gasteiger partial charge in [0.15, 0.2) is 5.82 Å². The Morgan fingerprint density at radius 2 is 2.24 bits per heavy atom. The summed E-state index contributed by atoms with van der Waals surface area (Å²) >= 11 is 0. The molecule has 88 valence electrons. The Bertz CT molecular complexity index is 546. The van der Waals surface area contributed by atoms with Gasteiger partial charge in [0.25, 0.3) is 0 Å². The van der Waals surface area contributed by atoms with Crippen LogP contribution in [0.25, 0.3) is 5.82 Å². The van der Waals surface area contributed by atoms with E-state index < -0.39 is 5.97 Å². The fourth-order valence-corrected chi connectivity index (χ4v) is 1.50. The molecule has 2 aromatic heterocycles. The first-order valence-electron chi connectivity index (χ1n) is 5.33. The van der Waals surface area contributed by atoms with Gasteiger partial charge in [0.2, 0.25) is 0 Å². The molecule has 0 atom stereocenters. The van der Waals surface area contributed by atoms with Crippen molar-refractivity contribution in [1.29, 1.82) is 0 Å². The van der Waals surface area contributed by atoms with E-state index in [4.69, 9.17) is 5.11 Å². The van der Waals surface area contributed by atoms with E-state index in [1.54, 1.807) is 24.7 Å². The molecule has 2 aromatic rings. The highest BCUT2D eigenvalue weighted by molar-refractivity contribution is 5.90. The predicted octanol–water partition coefficient (Wildman–Crippen LogP) is 2.09. The van der Waals surface area contributed by atoms with Gasteiger partial charge >= 0.3 is 5.97 Å². The molecule has 1 N–H and O–H groups in total. The van der Waals surface area contributed by atoms with Crippen LogP contribution < -0.4 is 0 Å². The highest BCUT2D eigenvalue weighted by Crippen LogP contribution is 2.16. The van der Waals surface area contributed by atoms with Gasteiger partial charge in [-0.3, -0.25) is 0 Å². The number of nitrogens with zero attached hydrogens (tertiary/aromatic N) is 3. The molecule has 17 heavy (non-hydrogen) atoms. The average molecular weight is 231 g/mol. The lowest BCUT2D eigenvalue weighted by molar-refractivity contribution is 0.0696. The van der Waals surface area contributed by atoms with Crippen LogP contribution in [0.1, 0.15) is 35.7 Å². The van der Waals surface area contributed by atoms with Crippen LogP contribution >= 0.6 is 0 Å². The molecule has 0 saturated carbocycles. The summed E-state index contributed by atoms with van der Waals surface area (Å²) in [6.45, 7) is 4.11. The van der Waals surface area contributed by atoms with Crippen molar-refractivity contribution in [2.45, 2.75) is 19.8 Å². The molecule has 0 saturated heterocycles. The summed E-state index contributed by atoms with van der Waals surface area (Å²) in [5, 5.41) is 13.2. The molecular formula is C12H13N3O2. The lowest BCUT2D eigenvalue weighted by atomic mass is 10.1. The molecule has 0 spiro atoms. The number of hydrogen-bond acceptors (Lipinski definition) is 3. The zero-order chi connectivity index (χ0) is 12.4. The fourth-order valence-electron chi connectivity index (χ4n) is 1.50. The monoisotopic (exact) mass is 231 g/mol. The minimum absolute atomic E-state index is 0.144. The van der Waals surface area contributed by atoms with Crippen molar-refractivity contribution >= 4 is 5.97 Å². The molecule has 0 amide bonds. The van der Waals surface area contributed by atoms with Gasteiger partial charge < -0.3 is 5.11 Å². The second-order valence-corrected chi connectivity index (χ2v) is 4.05. The number of carboxylic acids is 1. The topological polar surface area (TPSA) is 68.0 Å². The molecule has 2 rings (SSSR count). The SMILES string of the molecule is CC(C)c1cnn(-c2ncccc2C(=O)O)c1. The van der Waals surface area contributed by atoms with E-state index in [2.05, 4.69) is 23.9 Å². The van der Waals surface area contributed by atoms with Crippen molar-refractivity contribution < 1.29 is 9.90 Å². The third-order valence-electron chi connectivity index (χ3n) is 2.50. The standard InChI is InChI=1S/C12H13N3O2/c1-8(2)9-6-14-15(7-9)11-10(12(16)17)4-3-5-13-11/h3-8H,1-2H3,(H,16,17). The maximum Gasteiger partial charge on any atom is 0.339 e. The molecule has 5 nitrogen and oxygen atoms in total. The highest BCUT2D eigenvalue weighted by Gasteiger charge is 2.13. The van der Waals surface area contributed by atoms with E-state index >= 15 is 0 Å². The van der Waals surface area contributed by atoms with Gasteiger partial charge in [-0.05, 0) is 23.6 Å². The first-order valence-corrected chi connectivity index (χ1v) is 5.33. The summed E-state index contributed by atoms with van der Waals surface area (Å²) in [6.07, 6.45) is 5.09. The Kier molecular flexibility index (Phi) is 2.91. The Morgan fingerprint density at radius 3 is 2.82 bits per heavy atom. The Morgan fingerprint density at radius 1 is 1.47 bits per heavy atom. The lowest BCUT2D eigenvalue weighted by Crippen LogP contribution is -2.07. The molecule has 0 aliphatic rings. The van der Waals surface area contributed by atoms with Gasteiger partial charge in [-0.2, -0.15) is 5.10 Å². The van der Waals surface area contributed by atoms with Gasteiger partial charge in [-0.1, -0.05) is 13.8 Å². The molecular weight excluding hydrogens is 218 g/mol. The second-order valence-electron chi connectivity index (χ2n) is 4.05. The van der Waals surface area contributed by atoms with Crippen molar-refractivity contribution in [3.8, 4) is 5.82 Å². The average Bonchev–Trinajstić information content (AvgIpc) is 2.78. The van der Waals surface area contributed by atoms with Crippen molar-refractivity contribution in [2.75, 3.05) is 0 Å². The van der Waals surface area contributed by atoms with Crippen LogP contribution in [0.3, 0.4) is 0 Å². The van der Waals surface area contributed by atoms with Crippen LogP contribution in [0.4, 0.5) is 0 Å². The molecule has 0 aromatic carbocycles. The zero-order valence-electron chi connectivity index (χ0n) is 9.66. The van der Waals surface area contributed by atoms with Crippen molar-refractivity contribution in [2.24, 2.45) is 0 Å². The van der Waals surface area contributed by atoms with Crippen molar-refractivity contribution in [3.05, 3.63) is 41.9 Å². The number of carboxylic acid groups (broad SMARTS) is 1. The van der Waals surface area contributed by atoms with Crippen LogP contribution in [0, 0.1) is 0 Å². The van der Waals surface area contributed by atoms with Gasteiger partial charge in [-0.15, -0.1) is 0 Å². The summed E-state index contributed by atoms with van der Waals surface area (Å²) in [5.74, 6) is -0.317. The van der Waals surface area contributed by atoms with Crippen LogP contribution in [-0.2, 0) is 0 Å². The maximum absolute atomic E-state index is 11.1. The molecule has 2 heterocycles. The second kappa shape index (κ2) is 4.37. The third-order valence-corrected chi connectivity index (χ3v) is 2.50. The van der Waals surface area contributed by atoms with E-state index in [-0.39, 0.29) is 5.56 Å². The molecule has 0 unspecified atom stereocenters. The molecule has 5 heteroatoms. The van der Waals surface area contributed by atoms with E-state index in [9.17, 15) is 4.79 Å². The van der Waals surface area contributed by atoms with Crippen LogP contribution in [0.2, 0.25) is 0 Å². The first kappa shape index (κ1) is 11.3. The van der Waals surface area contributed by atoms with Crippen LogP contribution in [0.15, 0.2) is 30.7 Å². The first-order chi connectivity index (χ1) is 8.09. The number of carbonyl (C=O) groups is 1. The predicted molar refractivity (Wildman–Crippen MR) is 62.4 cm³/mol. The zero-order valence-corrected chi connectivity index (χ0v) is 9.66. The largest absolute Gasteiger partial charge is 0.478 e. The summed E-state index contributed by atoms with van der Waals surface area (Å²) < 4.78 is 1.50. The fraction of sp³-hybridized carbons (Fsp3) is 0.250. The van der Waals surface area contributed by atoms with E-state index in [1.165, 1.54) is 10.7 Å². The van der Waals surface area contributed by atoms with E-state index in [1.807, 2.05) is 0 Å². The quantitative estimate of drug-likeness (QED) is 0.878. The number of aromatic nitrogens is 3. The normalized spacial score (nSPS) is 10.8. The minimum atomic E-state index is -1.00. The number of pyridine rings is 1. The summed E-state index contributed by atoms with van der Waals surface area (Å²) in [5.41, 5.74) is 1.19. The van der Waals surface area contributed by atoms with Crippen molar-refractivity contribution in [1.82, 2.24) is 14.8 Å². The number of rotatable bonds is 3. The minimum Gasteiger partial charge on any atom is -0.478 e. The molecule has 0 aliphatic heterocycles. The summed E-state index contributed by atoms with van der Waals surface area (Å²) in [4.78, 5) is 15.1. The van der Waals surface area contributed by atoms with Gasteiger partial charge in [-0.25, -0.2) is 14.5 Å². The summed E-state index contributed by atoms with van der Waals surface area (Å²) in [6, 6.07) is 3.11. The Balaban J connectivity index is 2.49. The highest BCUT2D eigenvalue weighted by atomic mass is 16.4. The maximum atomic E-state index is 11.1. The van der Waals surface area contributed by atoms with Crippen LogP contribution in [-0.4, -0.2) is 25.8 Å². The molecule has 0 radical (unpaired) electrons. The van der Waals surface area contributed by atoms with E-state index in [0.29, 0.717) is 11.7 Å². The molecule has 0 fully saturated rings. The van der Waals surface area contributed by atoms with E-state index in [0.717, 1.165) is 5.56 Å². The smallest absolute Gasteiger partial charge is 0.339 e. The Hall–Kier alpha value is -2.17. The third kappa shape index (κ3) is 2.18. The summed E-state index contributed by atoms with van der Waals surface area (Å²) in [7, 11) is 0. The number of hydrogen-bond donors (Lipinski definition) is 1. The Labute approximate surface area is 98.7 Å². The molecule has 0 bridgehead atoms. The van der Waals surface area contributed by atoms with Gasteiger partial charge in [0, 0.05) is 12.4 Å². The van der Waals surface area contributed by atoms with Gasteiger partial charge in [0.05, 0.1) is 6.20 Å². The van der Waals surface area contributed by atoms with Gasteiger partial charge in [0.1, 0.15) is 5.56 Å². The lowest BCUT2D eigenvalue weighted by Gasteiger charge is -2.04.